The average Bonchev–Trinajstić information content (AvgIpc) is 2.70. The van der Waals surface area contributed by atoms with Gasteiger partial charge >= 0.3 is 6.03 Å². The van der Waals surface area contributed by atoms with Crippen molar-refractivity contribution in [1.82, 2.24) is 4.90 Å². The number of nitrogens with zero attached hydrogens (tertiary/aromatic N) is 2. The third-order valence-electron chi connectivity index (χ3n) is 3.28. The second-order valence-electron chi connectivity index (χ2n) is 4.75. The van der Waals surface area contributed by atoms with Crippen LogP contribution in [0, 0.1) is 13.8 Å². The van der Waals surface area contributed by atoms with Gasteiger partial charge in [0.05, 0.1) is 0 Å². The minimum atomic E-state index is -0.281. The number of aryl methyl sites for hydroxylation is 2. The Balaban J connectivity index is 0.00000180. The first-order chi connectivity index (χ1) is 8.58. The van der Waals surface area contributed by atoms with E-state index in [1.54, 1.807) is 0 Å². The van der Waals surface area contributed by atoms with Gasteiger partial charge in [-0.3, -0.25) is 0 Å². The summed E-state index contributed by atoms with van der Waals surface area (Å²) in [5, 5.41) is 2.87. The number of urea groups is 1. The predicted octanol–water partition coefficient (Wildman–Crippen LogP) is 3.38. The molecule has 1 aliphatic rings. The molecule has 19 heavy (non-hydrogen) atoms. The molecule has 1 saturated heterocycles. The molecule has 1 aromatic rings. The number of nitrogens with one attached hydrogen (secondary N) is 1. The van der Waals surface area contributed by atoms with E-state index < -0.39 is 0 Å². The summed E-state index contributed by atoms with van der Waals surface area (Å²) >= 11 is 0. The number of aliphatic imine (C=N–C) groups is 1. The molecule has 104 valence electrons. The van der Waals surface area contributed by atoms with Crippen LogP contribution in [0.3, 0.4) is 0 Å². The Morgan fingerprint density at radius 1 is 1.32 bits per heavy atom. The second-order valence-corrected chi connectivity index (χ2v) is 4.75. The number of carbonyl (C=O) groups excluding carboxylic acids is 1. The summed E-state index contributed by atoms with van der Waals surface area (Å²) in [6.45, 7) is 4.95. The number of hydrogen-bond donors (Lipinski definition) is 1. The number of para-hydroxylation sites is 1. The summed E-state index contributed by atoms with van der Waals surface area (Å²) in [5.41, 5.74) is 2.99. The summed E-state index contributed by atoms with van der Waals surface area (Å²) < 4.78 is 0. The summed E-state index contributed by atoms with van der Waals surface area (Å²) in [5.74, 6) is 0.874. The van der Waals surface area contributed by atoms with Crippen LogP contribution in [-0.2, 0) is 0 Å². The molecule has 1 fully saturated rings. The quantitative estimate of drug-likeness (QED) is 0.858. The van der Waals surface area contributed by atoms with E-state index in [4.69, 9.17) is 0 Å². The standard InChI is InChI=1S/C14H19N3O.ClH/c1-10-6-4-7-11(2)13(10)16-14(18)15-12-8-5-9-17(12)3;/h4,6-7H,5,8-9H2,1-3H3,(H,16,18);1H/b15-12+;. The van der Waals surface area contributed by atoms with Crippen molar-refractivity contribution in [1.29, 1.82) is 0 Å². The molecule has 1 heterocycles. The lowest BCUT2D eigenvalue weighted by Gasteiger charge is -2.12. The largest absolute Gasteiger partial charge is 0.363 e. The lowest BCUT2D eigenvalue weighted by Crippen LogP contribution is -2.22. The Kier molecular flexibility index (Phi) is 5.36. The highest BCUT2D eigenvalue weighted by molar-refractivity contribution is 6.01. The van der Waals surface area contributed by atoms with Crippen molar-refractivity contribution in [3.05, 3.63) is 29.3 Å². The maximum atomic E-state index is 11.9. The van der Waals surface area contributed by atoms with Crippen molar-refractivity contribution < 1.29 is 4.79 Å². The van der Waals surface area contributed by atoms with Gasteiger partial charge in [0.1, 0.15) is 5.84 Å². The predicted molar refractivity (Wildman–Crippen MR) is 81.5 cm³/mol. The van der Waals surface area contributed by atoms with Crippen molar-refractivity contribution in [2.24, 2.45) is 4.99 Å². The average molecular weight is 282 g/mol. The van der Waals surface area contributed by atoms with Gasteiger partial charge in [0.25, 0.3) is 0 Å². The second kappa shape index (κ2) is 6.57. The lowest BCUT2D eigenvalue weighted by molar-refractivity contribution is 0.259. The number of anilines is 1. The molecule has 1 N–H and O–H groups in total. The summed E-state index contributed by atoms with van der Waals surface area (Å²) in [7, 11) is 1.97. The fourth-order valence-corrected chi connectivity index (χ4v) is 2.20. The SMILES string of the molecule is Cc1cccc(C)c1NC(=O)/N=C1\CCCN1C.Cl. The van der Waals surface area contributed by atoms with Crippen LogP contribution in [0.5, 0.6) is 0 Å². The van der Waals surface area contributed by atoms with Crippen molar-refractivity contribution in [2.45, 2.75) is 26.7 Å². The van der Waals surface area contributed by atoms with E-state index in [-0.39, 0.29) is 18.4 Å². The van der Waals surface area contributed by atoms with E-state index in [0.717, 1.165) is 42.0 Å². The van der Waals surface area contributed by atoms with Gasteiger partial charge < -0.3 is 10.2 Å². The van der Waals surface area contributed by atoms with Crippen LogP contribution in [0.1, 0.15) is 24.0 Å². The molecule has 2 amide bonds. The normalized spacial score (nSPS) is 16.4. The number of amides is 2. The molecule has 0 bridgehead atoms. The first kappa shape index (κ1) is 15.5. The van der Waals surface area contributed by atoms with E-state index in [1.807, 2.05) is 44.0 Å². The molecule has 2 rings (SSSR count). The van der Waals surface area contributed by atoms with E-state index in [2.05, 4.69) is 10.3 Å². The van der Waals surface area contributed by atoms with E-state index in [9.17, 15) is 4.79 Å². The Morgan fingerprint density at radius 2 is 1.95 bits per heavy atom. The number of rotatable bonds is 1. The molecule has 0 saturated carbocycles. The Bertz CT molecular complexity index is 479. The van der Waals surface area contributed by atoms with Crippen LogP contribution in [0.25, 0.3) is 0 Å². The molecule has 0 spiro atoms. The van der Waals surface area contributed by atoms with Gasteiger partial charge in [-0.05, 0) is 31.4 Å². The molecule has 1 aromatic carbocycles. The zero-order valence-electron chi connectivity index (χ0n) is 11.6. The Labute approximate surface area is 120 Å². The minimum Gasteiger partial charge on any atom is -0.363 e. The van der Waals surface area contributed by atoms with Crippen molar-refractivity contribution in [3.8, 4) is 0 Å². The van der Waals surface area contributed by atoms with Crippen LogP contribution >= 0.6 is 12.4 Å². The first-order valence-corrected chi connectivity index (χ1v) is 6.24. The fourth-order valence-electron chi connectivity index (χ4n) is 2.20. The molecule has 0 atom stereocenters. The number of amidine groups is 1. The molecule has 0 radical (unpaired) electrons. The summed E-state index contributed by atoms with van der Waals surface area (Å²) in [6, 6.07) is 5.67. The van der Waals surface area contributed by atoms with E-state index in [0.29, 0.717) is 0 Å². The van der Waals surface area contributed by atoms with Crippen molar-refractivity contribution in [3.63, 3.8) is 0 Å². The van der Waals surface area contributed by atoms with Gasteiger partial charge in [-0.2, -0.15) is 4.99 Å². The van der Waals surface area contributed by atoms with Crippen molar-refractivity contribution in [2.75, 3.05) is 18.9 Å². The maximum Gasteiger partial charge on any atom is 0.347 e. The van der Waals surface area contributed by atoms with Crippen LogP contribution in [0.15, 0.2) is 23.2 Å². The molecule has 4 nitrogen and oxygen atoms in total. The molecule has 5 heteroatoms. The zero-order valence-corrected chi connectivity index (χ0v) is 12.4. The highest BCUT2D eigenvalue weighted by atomic mass is 35.5. The zero-order chi connectivity index (χ0) is 13.1. The highest BCUT2D eigenvalue weighted by Gasteiger charge is 2.16. The number of halogens is 1. The topological polar surface area (TPSA) is 44.7 Å². The van der Waals surface area contributed by atoms with Crippen molar-refractivity contribution >= 4 is 30.0 Å². The smallest absolute Gasteiger partial charge is 0.347 e. The lowest BCUT2D eigenvalue weighted by atomic mass is 10.1. The summed E-state index contributed by atoms with van der Waals surface area (Å²) in [6.07, 6.45) is 1.96. The Hall–Kier alpha value is -1.55. The van der Waals surface area contributed by atoms with Crippen LogP contribution < -0.4 is 5.32 Å². The highest BCUT2D eigenvalue weighted by Crippen LogP contribution is 2.19. The van der Waals surface area contributed by atoms with Gasteiger partial charge in [-0.15, -0.1) is 12.4 Å². The number of carbonyl (C=O) groups is 1. The van der Waals surface area contributed by atoms with Gasteiger partial charge in [0, 0.05) is 25.7 Å². The van der Waals surface area contributed by atoms with Gasteiger partial charge in [0.2, 0.25) is 0 Å². The van der Waals surface area contributed by atoms with Crippen LogP contribution in [0.2, 0.25) is 0 Å². The number of benzene rings is 1. The maximum absolute atomic E-state index is 11.9. The van der Waals surface area contributed by atoms with Gasteiger partial charge in [-0.1, -0.05) is 18.2 Å². The number of hydrogen-bond acceptors (Lipinski definition) is 1. The Morgan fingerprint density at radius 3 is 2.47 bits per heavy atom. The molecule has 0 unspecified atom stereocenters. The molecular weight excluding hydrogens is 262 g/mol. The first-order valence-electron chi connectivity index (χ1n) is 6.24. The minimum absolute atomic E-state index is 0. The molecule has 1 aliphatic heterocycles. The van der Waals surface area contributed by atoms with Crippen LogP contribution in [-0.4, -0.2) is 30.4 Å². The fraction of sp³-hybridized carbons (Fsp3) is 0.429. The number of likely N-dealkylation sites (tertiary alicyclic amines) is 1. The van der Waals surface area contributed by atoms with Crippen LogP contribution in [0.4, 0.5) is 10.5 Å². The molecular formula is C14H20ClN3O. The van der Waals surface area contributed by atoms with Gasteiger partial charge in [-0.25, -0.2) is 4.79 Å². The van der Waals surface area contributed by atoms with E-state index in [1.165, 1.54) is 0 Å². The molecule has 0 aromatic heterocycles. The molecule has 0 aliphatic carbocycles. The van der Waals surface area contributed by atoms with Gasteiger partial charge in [0.15, 0.2) is 0 Å². The monoisotopic (exact) mass is 281 g/mol. The van der Waals surface area contributed by atoms with E-state index >= 15 is 0 Å². The third-order valence-corrected chi connectivity index (χ3v) is 3.28. The summed E-state index contributed by atoms with van der Waals surface area (Å²) in [4.78, 5) is 18.1. The third kappa shape index (κ3) is 3.70.